The van der Waals surface area contributed by atoms with Crippen LogP contribution in [0.2, 0.25) is 10.0 Å². The Morgan fingerprint density at radius 3 is 2.38 bits per heavy atom. The van der Waals surface area contributed by atoms with Gasteiger partial charge in [-0.25, -0.2) is 0 Å². The summed E-state index contributed by atoms with van der Waals surface area (Å²) in [6.45, 7) is 3.02. The standard InChI is InChI=1S/C17H19Cl2NO/c1-12(14-5-8-16(18)17(19)11-14)20-10-9-13-3-6-15(21-2)7-4-13/h3-8,11-12,20H,9-10H2,1-2H3. The van der Waals surface area contributed by atoms with E-state index < -0.39 is 0 Å². The molecule has 4 heteroatoms. The second-order valence-electron chi connectivity index (χ2n) is 4.95. The SMILES string of the molecule is COc1ccc(CCNC(C)c2ccc(Cl)c(Cl)c2)cc1. The first-order valence-corrected chi connectivity index (χ1v) is 7.67. The Kier molecular flexibility index (Phi) is 5.92. The van der Waals surface area contributed by atoms with Gasteiger partial charge in [0.25, 0.3) is 0 Å². The minimum absolute atomic E-state index is 0.234. The maximum atomic E-state index is 6.04. The number of hydrogen-bond acceptors (Lipinski definition) is 2. The molecule has 0 aliphatic rings. The molecule has 0 spiro atoms. The number of halogens is 2. The third kappa shape index (κ3) is 4.63. The van der Waals surface area contributed by atoms with Crippen molar-refractivity contribution >= 4 is 23.2 Å². The van der Waals surface area contributed by atoms with Crippen LogP contribution < -0.4 is 10.1 Å². The van der Waals surface area contributed by atoms with E-state index in [-0.39, 0.29) is 6.04 Å². The zero-order valence-corrected chi connectivity index (χ0v) is 13.7. The highest BCUT2D eigenvalue weighted by atomic mass is 35.5. The van der Waals surface area contributed by atoms with Crippen LogP contribution in [0.3, 0.4) is 0 Å². The fraction of sp³-hybridized carbons (Fsp3) is 0.294. The third-order valence-electron chi connectivity index (χ3n) is 3.47. The smallest absolute Gasteiger partial charge is 0.118 e. The van der Waals surface area contributed by atoms with Crippen LogP contribution in [-0.4, -0.2) is 13.7 Å². The second kappa shape index (κ2) is 7.69. The molecular weight excluding hydrogens is 305 g/mol. The lowest BCUT2D eigenvalue weighted by atomic mass is 10.1. The second-order valence-corrected chi connectivity index (χ2v) is 5.76. The largest absolute Gasteiger partial charge is 0.497 e. The van der Waals surface area contributed by atoms with Gasteiger partial charge in [-0.2, -0.15) is 0 Å². The van der Waals surface area contributed by atoms with Gasteiger partial charge in [-0.3, -0.25) is 0 Å². The van der Waals surface area contributed by atoms with Crippen LogP contribution in [0.25, 0.3) is 0 Å². The normalized spacial score (nSPS) is 12.2. The Labute approximate surface area is 136 Å². The topological polar surface area (TPSA) is 21.3 Å². The molecule has 0 fully saturated rings. The summed E-state index contributed by atoms with van der Waals surface area (Å²) in [4.78, 5) is 0. The molecule has 2 aromatic rings. The van der Waals surface area contributed by atoms with Gasteiger partial charge in [0.05, 0.1) is 17.2 Å². The molecule has 0 aliphatic heterocycles. The van der Waals surface area contributed by atoms with Gasteiger partial charge >= 0.3 is 0 Å². The predicted octanol–water partition coefficient (Wildman–Crippen LogP) is 4.90. The van der Waals surface area contributed by atoms with Gasteiger partial charge in [-0.05, 0) is 55.3 Å². The van der Waals surface area contributed by atoms with E-state index in [1.54, 1.807) is 7.11 Å². The maximum Gasteiger partial charge on any atom is 0.118 e. The summed E-state index contributed by atoms with van der Waals surface area (Å²) in [6, 6.07) is 14.1. The molecule has 0 aromatic heterocycles. The zero-order chi connectivity index (χ0) is 15.2. The Hall–Kier alpha value is -1.22. The van der Waals surface area contributed by atoms with E-state index in [9.17, 15) is 0 Å². The van der Waals surface area contributed by atoms with E-state index in [4.69, 9.17) is 27.9 Å². The van der Waals surface area contributed by atoms with Gasteiger partial charge in [0.1, 0.15) is 5.75 Å². The molecule has 2 nitrogen and oxygen atoms in total. The minimum atomic E-state index is 0.234. The fourth-order valence-corrected chi connectivity index (χ4v) is 2.43. The molecule has 1 N–H and O–H groups in total. The predicted molar refractivity (Wildman–Crippen MR) is 89.6 cm³/mol. The molecule has 21 heavy (non-hydrogen) atoms. The minimum Gasteiger partial charge on any atom is -0.497 e. The highest BCUT2D eigenvalue weighted by Gasteiger charge is 2.07. The molecule has 2 aromatic carbocycles. The lowest BCUT2D eigenvalue weighted by molar-refractivity contribution is 0.414. The van der Waals surface area contributed by atoms with E-state index in [1.807, 2.05) is 30.3 Å². The van der Waals surface area contributed by atoms with Crippen molar-refractivity contribution in [3.63, 3.8) is 0 Å². The van der Waals surface area contributed by atoms with Gasteiger partial charge in [0.2, 0.25) is 0 Å². The van der Waals surface area contributed by atoms with Gasteiger partial charge in [0.15, 0.2) is 0 Å². The van der Waals surface area contributed by atoms with Crippen LogP contribution in [0, 0.1) is 0 Å². The summed E-state index contributed by atoms with van der Waals surface area (Å²) >= 11 is 12.0. The third-order valence-corrected chi connectivity index (χ3v) is 4.21. The zero-order valence-electron chi connectivity index (χ0n) is 12.2. The Morgan fingerprint density at radius 2 is 1.76 bits per heavy atom. The molecule has 112 valence electrons. The molecule has 1 atom stereocenters. The molecule has 0 radical (unpaired) electrons. The van der Waals surface area contributed by atoms with Crippen LogP contribution >= 0.6 is 23.2 Å². The highest BCUT2D eigenvalue weighted by Crippen LogP contribution is 2.25. The van der Waals surface area contributed by atoms with E-state index >= 15 is 0 Å². The average molecular weight is 324 g/mol. The first-order chi connectivity index (χ1) is 10.1. The fourth-order valence-electron chi connectivity index (χ4n) is 2.12. The monoisotopic (exact) mass is 323 g/mol. The Balaban J connectivity index is 1.85. The Morgan fingerprint density at radius 1 is 1.05 bits per heavy atom. The molecule has 0 bridgehead atoms. The summed E-state index contributed by atoms with van der Waals surface area (Å²) in [7, 11) is 1.68. The molecule has 0 amide bonds. The molecule has 0 aliphatic carbocycles. The van der Waals surface area contributed by atoms with Crippen LogP contribution in [0.15, 0.2) is 42.5 Å². The van der Waals surface area contributed by atoms with E-state index in [0.717, 1.165) is 24.3 Å². The summed E-state index contributed by atoms with van der Waals surface area (Å²) in [5, 5.41) is 4.67. The van der Waals surface area contributed by atoms with E-state index in [0.29, 0.717) is 10.0 Å². The quantitative estimate of drug-likeness (QED) is 0.816. The molecule has 1 unspecified atom stereocenters. The average Bonchev–Trinajstić information content (AvgIpc) is 2.50. The molecule has 0 saturated heterocycles. The van der Waals surface area contributed by atoms with Gasteiger partial charge in [-0.1, -0.05) is 41.4 Å². The number of methoxy groups -OCH3 is 1. The van der Waals surface area contributed by atoms with Crippen molar-refractivity contribution in [1.82, 2.24) is 5.32 Å². The van der Waals surface area contributed by atoms with Gasteiger partial charge in [0, 0.05) is 6.04 Å². The number of nitrogens with one attached hydrogen (secondary N) is 1. The summed E-state index contributed by atoms with van der Waals surface area (Å²) < 4.78 is 5.15. The first kappa shape index (κ1) is 16.2. The van der Waals surface area contributed by atoms with Gasteiger partial charge < -0.3 is 10.1 Å². The maximum absolute atomic E-state index is 6.04. The lowest BCUT2D eigenvalue weighted by Gasteiger charge is -2.15. The number of rotatable bonds is 6. The summed E-state index contributed by atoms with van der Waals surface area (Å²) in [6.07, 6.45) is 0.968. The number of ether oxygens (including phenoxy) is 1. The highest BCUT2D eigenvalue weighted by molar-refractivity contribution is 6.42. The van der Waals surface area contributed by atoms with E-state index in [2.05, 4.69) is 24.4 Å². The van der Waals surface area contributed by atoms with Crippen molar-refractivity contribution < 1.29 is 4.74 Å². The van der Waals surface area contributed by atoms with Crippen molar-refractivity contribution in [3.8, 4) is 5.75 Å². The van der Waals surface area contributed by atoms with Crippen LogP contribution in [0.1, 0.15) is 24.1 Å². The lowest BCUT2D eigenvalue weighted by Crippen LogP contribution is -2.21. The molecular formula is C17H19Cl2NO. The van der Waals surface area contributed by atoms with Crippen molar-refractivity contribution in [3.05, 3.63) is 63.6 Å². The first-order valence-electron chi connectivity index (χ1n) is 6.91. The van der Waals surface area contributed by atoms with Crippen LogP contribution in [0.5, 0.6) is 5.75 Å². The molecule has 0 saturated carbocycles. The van der Waals surface area contributed by atoms with Gasteiger partial charge in [-0.15, -0.1) is 0 Å². The van der Waals surface area contributed by atoms with Crippen molar-refractivity contribution in [2.45, 2.75) is 19.4 Å². The van der Waals surface area contributed by atoms with Crippen molar-refractivity contribution in [2.24, 2.45) is 0 Å². The van der Waals surface area contributed by atoms with Crippen molar-refractivity contribution in [1.29, 1.82) is 0 Å². The molecule has 2 rings (SSSR count). The summed E-state index contributed by atoms with van der Waals surface area (Å²) in [5.74, 6) is 0.885. The summed E-state index contributed by atoms with van der Waals surface area (Å²) in [5.41, 5.74) is 2.42. The Bertz CT molecular complexity index is 584. The number of benzene rings is 2. The van der Waals surface area contributed by atoms with Crippen LogP contribution in [-0.2, 0) is 6.42 Å². The van der Waals surface area contributed by atoms with E-state index in [1.165, 1.54) is 5.56 Å². The number of hydrogen-bond donors (Lipinski definition) is 1. The molecule has 0 heterocycles. The van der Waals surface area contributed by atoms with Crippen LogP contribution in [0.4, 0.5) is 0 Å². The van der Waals surface area contributed by atoms with Crippen molar-refractivity contribution in [2.75, 3.05) is 13.7 Å².